The van der Waals surface area contributed by atoms with Crippen LogP contribution in [0.4, 0.5) is 11.4 Å². The second-order valence-corrected chi connectivity index (χ2v) is 4.89. The predicted molar refractivity (Wildman–Crippen MR) is 88.7 cm³/mol. The van der Waals surface area contributed by atoms with E-state index in [2.05, 4.69) is 15.3 Å². The summed E-state index contributed by atoms with van der Waals surface area (Å²) in [5.41, 5.74) is 8.05. The zero-order chi connectivity index (χ0) is 15.4. The molecule has 1 heterocycles. The molecule has 0 radical (unpaired) electrons. The van der Waals surface area contributed by atoms with Gasteiger partial charge in [-0.2, -0.15) is 0 Å². The van der Waals surface area contributed by atoms with Crippen LogP contribution in [0.2, 0.25) is 0 Å². The van der Waals surface area contributed by atoms with Gasteiger partial charge in [0, 0.05) is 11.9 Å². The number of nitrogens with two attached hydrogens (primary N) is 1. The number of methoxy groups -OCH3 is 1. The molecule has 2 aromatic rings. The highest BCUT2D eigenvalue weighted by Crippen LogP contribution is 2.25. The second kappa shape index (κ2) is 7.61. The number of carbonyl (C=O) groups is 1. The van der Waals surface area contributed by atoms with Crippen LogP contribution in [0.1, 0.15) is 35.8 Å². The Morgan fingerprint density at radius 3 is 2.68 bits per heavy atom. The van der Waals surface area contributed by atoms with E-state index in [9.17, 15) is 4.79 Å². The third kappa shape index (κ3) is 3.85. The lowest BCUT2D eigenvalue weighted by atomic mass is 10.0. The number of nitrogen functional groups attached to an aromatic ring is 1. The largest absolute Gasteiger partial charge is 0.495 e. The van der Waals surface area contributed by atoms with Gasteiger partial charge in [0.15, 0.2) is 0 Å². The minimum absolute atomic E-state index is 0. The molecule has 7 heteroatoms. The van der Waals surface area contributed by atoms with Crippen LogP contribution in [0.5, 0.6) is 5.75 Å². The monoisotopic (exact) mass is 322 g/mol. The number of aromatic nitrogens is 2. The maximum absolute atomic E-state index is 12.3. The van der Waals surface area contributed by atoms with Crippen molar-refractivity contribution in [2.24, 2.45) is 0 Å². The number of rotatable bonds is 4. The number of amides is 1. The summed E-state index contributed by atoms with van der Waals surface area (Å²) in [6.07, 6.45) is 2.96. The number of hydrogen-bond acceptors (Lipinski definition) is 5. The minimum Gasteiger partial charge on any atom is -0.495 e. The van der Waals surface area contributed by atoms with E-state index in [0.29, 0.717) is 28.4 Å². The summed E-state index contributed by atoms with van der Waals surface area (Å²) in [4.78, 5) is 20.4. The van der Waals surface area contributed by atoms with Crippen molar-refractivity contribution in [3.8, 4) is 5.75 Å². The summed E-state index contributed by atoms with van der Waals surface area (Å²) in [7, 11) is 1.54. The van der Waals surface area contributed by atoms with Crippen LogP contribution < -0.4 is 15.8 Å². The summed E-state index contributed by atoms with van der Waals surface area (Å²) in [5.74, 6) is 0.442. The normalized spacial score (nSPS) is 10.0. The predicted octanol–water partition coefficient (Wildman–Crippen LogP) is 2.86. The fraction of sp³-hybridized carbons (Fsp3) is 0.267. The number of anilines is 2. The Morgan fingerprint density at radius 2 is 2.09 bits per heavy atom. The van der Waals surface area contributed by atoms with Crippen molar-refractivity contribution >= 4 is 29.7 Å². The van der Waals surface area contributed by atoms with Crippen molar-refractivity contribution in [1.29, 1.82) is 0 Å². The molecule has 0 aliphatic heterocycles. The highest BCUT2D eigenvalue weighted by atomic mass is 35.5. The first-order chi connectivity index (χ1) is 10.0. The number of carbonyl (C=O) groups excluding carboxylic acids is 1. The maximum Gasteiger partial charge on any atom is 0.259 e. The molecule has 2 rings (SSSR count). The molecule has 0 atom stereocenters. The molecule has 118 valence electrons. The molecule has 1 aromatic carbocycles. The summed E-state index contributed by atoms with van der Waals surface area (Å²) in [5, 5.41) is 2.79. The van der Waals surface area contributed by atoms with E-state index >= 15 is 0 Å². The van der Waals surface area contributed by atoms with Crippen LogP contribution in [0.15, 0.2) is 30.7 Å². The number of ether oxygens (including phenoxy) is 1. The van der Waals surface area contributed by atoms with Gasteiger partial charge in [-0.25, -0.2) is 9.97 Å². The maximum atomic E-state index is 12.3. The van der Waals surface area contributed by atoms with Gasteiger partial charge >= 0.3 is 0 Å². The first-order valence-corrected chi connectivity index (χ1v) is 6.57. The Balaban J connectivity index is 0.00000242. The third-order valence-electron chi connectivity index (χ3n) is 3.02. The molecule has 0 bridgehead atoms. The van der Waals surface area contributed by atoms with Gasteiger partial charge in [-0.05, 0) is 24.1 Å². The fourth-order valence-corrected chi connectivity index (χ4v) is 1.98. The van der Waals surface area contributed by atoms with Crippen LogP contribution in [-0.4, -0.2) is 23.0 Å². The number of benzene rings is 1. The zero-order valence-corrected chi connectivity index (χ0v) is 13.5. The molecule has 0 aliphatic rings. The molecule has 6 nitrogen and oxygen atoms in total. The summed E-state index contributed by atoms with van der Waals surface area (Å²) >= 11 is 0. The Morgan fingerprint density at radius 1 is 1.36 bits per heavy atom. The molecule has 0 spiro atoms. The van der Waals surface area contributed by atoms with E-state index in [4.69, 9.17) is 10.5 Å². The molecule has 1 amide bonds. The Bertz CT molecular complexity index is 662. The average molecular weight is 323 g/mol. The number of nitrogens with one attached hydrogen (secondary N) is 1. The highest BCUT2D eigenvalue weighted by Gasteiger charge is 2.15. The summed E-state index contributed by atoms with van der Waals surface area (Å²) in [6, 6.07) is 5.08. The third-order valence-corrected chi connectivity index (χ3v) is 3.02. The average Bonchev–Trinajstić information content (AvgIpc) is 2.47. The Kier molecular flexibility index (Phi) is 6.12. The van der Waals surface area contributed by atoms with Crippen molar-refractivity contribution in [2.75, 3.05) is 18.2 Å². The molecule has 0 saturated heterocycles. The lowest BCUT2D eigenvalue weighted by molar-refractivity contribution is 0.102. The molecular weight excluding hydrogens is 304 g/mol. The lowest BCUT2D eigenvalue weighted by Gasteiger charge is -2.12. The van der Waals surface area contributed by atoms with Crippen LogP contribution in [-0.2, 0) is 0 Å². The van der Waals surface area contributed by atoms with E-state index in [1.807, 2.05) is 13.8 Å². The van der Waals surface area contributed by atoms with Gasteiger partial charge in [-0.15, -0.1) is 12.4 Å². The van der Waals surface area contributed by atoms with E-state index in [0.717, 1.165) is 0 Å². The molecule has 0 unspecified atom stereocenters. The summed E-state index contributed by atoms with van der Waals surface area (Å²) in [6.45, 7) is 3.95. The van der Waals surface area contributed by atoms with Crippen LogP contribution in [0.25, 0.3) is 0 Å². The van der Waals surface area contributed by atoms with E-state index in [1.54, 1.807) is 25.3 Å². The second-order valence-electron chi connectivity index (χ2n) is 4.89. The smallest absolute Gasteiger partial charge is 0.259 e. The van der Waals surface area contributed by atoms with E-state index in [1.165, 1.54) is 12.5 Å². The van der Waals surface area contributed by atoms with Crippen LogP contribution >= 0.6 is 12.4 Å². The minimum atomic E-state index is -0.260. The highest BCUT2D eigenvalue weighted by molar-refractivity contribution is 6.05. The van der Waals surface area contributed by atoms with Gasteiger partial charge in [-0.1, -0.05) is 13.8 Å². The van der Waals surface area contributed by atoms with Crippen molar-refractivity contribution in [3.63, 3.8) is 0 Å². The molecule has 3 N–H and O–H groups in total. The van der Waals surface area contributed by atoms with Crippen molar-refractivity contribution < 1.29 is 9.53 Å². The Hall–Kier alpha value is -2.34. The van der Waals surface area contributed by atoms with Crippen LogP contribution in [0.3, 0.4) is 0 Å². The van der Waals surface area contributed by atoms with Gasteiger partial charge in [0.05, 0.1) is 24.1 Å². The molecule has 1 aromatic heterocycles. The lowest BCUT2D eigenvalue weighted by Crippen LogP contribution is -2.16. The topological polar surface area (TPSA) is 90.1 Å². The molecule has 0 fully saturated rings. The summed E-state index contributed by atoms with van der Waals surface area (Å²) < 4.78 is 5.08. The number of halogens is 1. The molecule has 0 aliphatic carbocycles. The van der Waals surface area contributed by atoms with E-state index in [-0.39, 0.29) is 24.2 Å². The number of hydrogen-bond donors (Lipinski definition) is 2. The first-order valence-electron chi connectivity index (χ1n) is 6.57. The van der Waals surface area contributed by atoms with Gasteiger partial charge in [0.2, 0.25) is 0 Å². The standard InChI is InChI=1S/C15H18N4O2.ClH/c1-9(2)14-11(7-17-8-18-14)15(20)19-10-4-5-13(21-3)12(16)6-10;/h4-9H,16H2,1-3H3,(H,19,20);1H. The first kappa shape index (κ1) is 17.7. The molecule has 22 heavy (non-hydrogen) atoms. The zero-order valence-electron chi connectivity index (χ0n) is 12.7. The molecule has 0 saturated carbocycles. The van der Waals surface area contributed by atoms with Gasteiger partial charge in [0.1, 0.15) is 12.1 Å². The van der Waals surface area contributed by atoms with Crippen molar-refractivity contribution in [3.05, 3.63) is 42.0 Å². The quantitative estimate of drug-likeness (QED) is 0.845. The number of nitrogens with zero attached hydrogens (tertiary/aromatic N) is 2. The molecular formula is C15H19ClN4O2. The SMILES string of the molecule is COc1ccc(NC(=O)c2cncnc2C(C)C)cc1N.Cl. The Labute approximate surface area is 135 Å². The van der Waals surface area contributed by atoms with Gasteiger partial charge < -0.3 is 15.8 Å². The van der Waals surface area contributed by atoms with Gasteiger partial charge in [0.25, 0.3) is 5.91 Å². The van der Waals surface area contributed by atoms with E-state index < -0.39 is 0 Å². The van der Waals surface area contributed by atoms with Crippen molar-refractivity contribution in [1.82, 2.24) is 9.97 Å². The van der Waals surface area contributed by atoms with Crippen molar-refractivity contribution in [2.45, 2.75) is 19.8 Å². The van der Waals surface area contributed by atoms with Gasteiger partial charge in [-0.3, -0.25) is 4.79 Å². The van der Waals surface area contributed by atoms with Crippen LogP contribution in [0, 0.1) is 0 Å². The fourth-order valence-electron chi connectivity index (χ4n) is 1.98.